The smallest absolute Gasteiger partial charge is 0.275 e. The van der Waals surface area contributed by atoms with Crippen molar-refractivity contribution >= 4 is 11.4 Å². The van der Waals surface area contributed by atoms with Crippen molar-refractivity contribution in [1.82, 2.24) is 0 Å². The third-order valence-electron chi connectivity index (χ3n) is 2.65. The summed E-state index contributed by atoms with van der Waals surface area (Å²) >= 11 is 0. The van der Waals surface area contributed by atoms with Gasteiger partial charge in [-0.05, 0) is 12.5 Å². The number of nitro groups is 1. The van der Waals surface area contributed by atoms with Gasteiger partial charge in [0.15, 0.2) is 0 Å². The molecule has 106 valence electrons. The zero-order chi connectivity index (χ0) is 14.4. The first-order valence-electron chi connectivity index (χ1n) is 6.36. The highest BCUT2D eigenvalue weighted by Gasteiger charge is 2.10. The van der Waals surface area contributed by atoms with Gasteiger partial charge in [0.05, 0.1) is 30.1 Å². The molecule has 0 saturated carbocycles. The molecule has 0 aliphatic carbocycles. The van der Waals surface area contributed by atoms with E-state index in [0.717, 1.165) is 12.0 Å². The van der Waals surface area contributed by atoms with Crippen molar-refractivity contribution in [2.75, 3.05) is 11.9 Å². The first kappa shape index (κ1) is 13.9. The molecule has 6 heteroatoms. The number of hydrogen-bond donors (Lipinski definition) is 1. The number of nitro benzene ring substituents is 1. The second-order valence-electron chi connectivity index (χ2n) is 4.31. The highest BCUT2D eigenvalue weighted by atomic mass is 16.6. The highest BCUT2D eigenvalue weighted by molar-refractivity contribution is 5.56. The minimum Gasteiger partial charge on any atom is -0.493 e. The van der Waals surface area contributed by atoms with Gasteiger partial charge in [0, 0.05) is 29.9 Å². The summed E-state index contributed by atoms with van der Waals surface area (Å²) in [6.45, 7) is 3.04. The maximum absolute atomic E-state index is 10.9. The molecule has 0 unspecified atom stereocenters. The predicted molar refractivity (Wildman–Crippen MR) is 74.9 cm³/mol. The Labute approximate surface area is 116 Å². The molecule has 20 heavy (non-hydrogen) atoms. The molecule has 0 spiro atoms. The summed E-state index contributed by atoms with van der Waals surface area (Å²) in [6.07, 6.45) is 4.06. The van der Waals surface area contributed by atoms with Gasteiger partial charge >= 0.3 is 0 Å². The lowest BCUT2D eigenvalue weighted by Gasteiger charge is -2.09. The van der Waals surface area contributed by atoms with E-state index >= 15 is 0 Å². The van der Waals surface area contributed by atoms with E-state index < -0.39 is 4.92 Å². The molecule has 0 aliphatic rings. The Bertz CT molecular complexity index is 567. The van der Waals surface area contributed by atoms with Gasteiger partial charge in [-0.1, -0.05) is 6.92 Å². The summed E-state index contributed by atoms with van der Waals surface area (Å²) in [5.74, 6) is 0.496. The fourth-order valence-electron chi connectivity index (χ4n) is 1.69. The normalized spacial score (nSPS) is 10.2. The van der Waals surface area contributed by atoms with E-state index in [4.69, 9.17) is 9.15 Å². The zero-order valence-corrected chi connectivity index (χ0v) is 11.2. The van der Waals surface area contributed by atoms with Crippen molar-refractivity contribution in [3.05, 3.63) is 52.5 Å². The molecule has 1 aromatic carbocycles. The van der Waals surface area contributed by atoms with Crippen LogP contribution in [0.3, 0.4) is 0 Å². The van der Waals surface area contributed by atoms with Gasteiger partial charge < -0.3 is 14.5 Å². The number of nitrogens with zero attached hydrogens (tertiary/aromatic N) is 1. The molecule has 0 atom stereocenters. The number of nitrogens with one attached hydrogen (secondary N) is 1. The topological polar surface area (TPSA) is 77.5 Å². The molecule has 0 aliphatic heterocycles. The van der Waals surface area contributed by atoms with Crippen LogP contribution >= 0.6 is 0 Å². The number of anilines is 1. The van der Waals surface area contributed by atoms with Gasteiger partial charge in [0.2, 0.25) is 0 Å². The highest BCUT2D eigenvalue weighted by Crippen LogP contribution is 2.26. The van der Waals surface area contributed by atoms with Gasteiger partial charge in [-0.3, -0.25) is 10.1 Å². The average Bonchev–Trinajstić information content (AvgIpc) is 2.96. The van der Waals surface area contributed by atoms with E-state index in [2.05, 4.69) is 5.32 Å². The maximum atomic E-state index is 10.9. The average molecular weight is 276 g/mol. The fraction of sp³-hybridized carbons (Fsp3) is 0.286. The Morgan fingerprint density at radius 1 is 1.40 bits per heavy atom. The third-order valence-corrected chi connectivity index (χ3v) is 2.65. The minimum atomic E-state index is -0.429. The molecular formula is C14H16N2O4. The van der Waals surface area contributed by atoms with E-state index in [1.807, 2.05) is 13.0 Å². The molecule has 0 amide bonds. The summed E-state index contributed by atoms with van der Waals surface area (Å²) in [6, 6.07) is 6.50. The van der Waals surface area contributed by atoms with Crippen LogP contribution < -0.4 is 10.1 Å². The molecule has 6 nitrogen and oxygen atoms in total. The second-order valence-corrected chi connectivity index (χ2v) is 4.31. The number of furan rings is 1. The van der Waals surface area contributed by atoms with E-state index in [-0.39, 0.29) is 5.69 Å². The molecule has 0 radical (unpaired) electrons. The Hall–Kier alpha value is -2.50. The van der Waals surface area contributed by atoms with Crippen molar-refractivity contribution in [2.24, 2.45) is 0 Å². The molecule has 0 saturated heterocycles. The van der Waals surface area contributed by atoms with Crippen LogP contribution in [0.15, 0.2) is 41.2 Å². The summed E-state index contributed by atoms with van der Waals surface area (Å²) in [5, 5.41) is 14.0. The maximum Gasteiger partial charge on any atom is 0.275 e. The van der Waals surface area contributed by atoms with Gasteiger partial charge in [-0.15, -0.1) is 0 Å². The van der Waals surface area contributed by atoms with E-state index in [0.29, 0.717) is 24.6 Å². The first-order valence-corrected chi connectivity index (χ1v) is 6.36. The van der Waals surface area contributed by atoms with E-state index in [1.165, 1.54) is 12.1 Å². The fourth-order valence-corrected chi connectivity index (χ4v) is 1.69. The van der Waals surface area contributed by atoms with Gasteiger partial charge in [0.1, 0.15) is 5.75 Å². The molecule has 0 bridgehead atoms. The third kappa shape index (κ3) is 3.74. The molecule has 1 aromatic heterocycles. The summed E-state index contributed by atoms with van der Waals surface area (Å²) in [5.41, 5.74) is 1.62. The summed E-state index contributed by atoms with van der Waals surface area (Å²) in [4.78, 5) is 10.5. The van der Waals surface area contributed by atoms with Crippen LogP contribution in [0, 0.1) is 10.1 Å². The van der Waals surface area contributed by atoms with Crippen LogP contribution in [-0.2, 0) is 6.54 Å². The van der Waals surface area contributed by atoms with Gasteiger partial charge in [-0.25, -0.2) is 0 Å². The van der Waals surface area contributed by atoms with Crippen molar-refractivity contribution in [2.45, 2.75) is 19.9 Å². The van der Waals surface area contributed by atoms with Crippen LogP contribution in [-0.4, -0.2) is 11.5 Å². The van der Waals surface area contributed by atoms with E-state index in [9.17, 15) is 10.1 Å². The zero-order valence-electron chi connectivity index (χ0n) is 11.2. The number of hydrogen-bond acceptors (Lipinski definition) is 5. The summed E-state index contributed by atoms with van der Waals surface area (Å²) < 4.78 is 10.4. The lowest BCUT2D eigenvalue weighted by atomic mass is 10.2. The number of ether oxygens (including phenoxy) is 1. The minimum absolute atomic E-state index is 0.00768. The van der Waals surface area contributed by atoms with Crippen LogP contribution in [0.2, 0.25) is 0 Å². The van der Waals surface area contributed by atoms with Crippen molar-refractivity contribution in [3.8, 4) is 5.75 Å². The first-order chi connectivity index (χ1) is 9.69. The van der Waals surface area contributed by atoms with Gasteiger partial charge in [0.25, 0.3) is 5.69 Å². The quantitative estimate of drug-likeness (QED) is 0.617. The van der Waals surface area contributed by atoms with Gasteiger partial charge in [-0.2, -0.15) is 0 Å². The largest absolute Gasteiger partial charge is 0.493 e. The number of rotatable bonds is 7. The number of benzene rings is 1. The standard InChI is InChI=1S/C14H16N2O4/c1-2-4-20-14-7-12(6-13(8-14)16(17)18)15-9-11-3-5-19-10-11/h3,5-8,10,15H,2,4,9H2,1H3. The SMILES string of the molecule is CCCOc1cc(NCc2ccoc2)cc([N+](=O)[O-])c1. The lowest BCUT2D eigenvalue weighted by molar-refractivity contribution is -0.384. The van der Waals surface area contributed by atoms with Crippen LogP contribution in [0.25, 0.3) is 0 Å². The Morgan fingerprint density at radius 2 is 2.25 bits per heavy atom. The molecular weight excluding hydrogens is 260 g/mol. The Morgan fingerprint density at radius 3 is 2.90 bits per heavy atom. The van der Waals surface area contributed by atoms with Crippen molar-refractivity contribution in [3.63, 3.8) is 0 Å². The lowest BCUT2D eigenvalue weighted by Crippen LogP contribution is -2.01. The molecule has 2 aromatic rings. The predicted octanol–water partition coefficient (Wildman–Crippen LogP) is 3.59. The molecule has 2 rings (SSSR count). The van der Waals surface area contributed by atoms with Crippen LogP contribution in [0.5, 0.6) is 5.75 Å². The monoisotopic (exact) mass is 276 g/mol. The Balaban J connectivity index is 2.13. The molecule has 1 N–H and O–H groups in total. The number of non-ortho nitro benzene ring substituents is 1. The van der Waals surface area contributed by atoms with Crippen molar-refractivity contribution < 1.29 is 14.1 Å². The Kier molecular flexibility index (Phi) is 4.60. The molecule has 1 heterocycles. The summed E-state index contributed by atoms with van der Waals surface area (Å²) in [7, 11) is 0. The van der Waals surface area contributed by atoms with Crippen molar-refractivity contribution in [1.29, 1.82) is 0 Å². The van der Waals surface area contributed by atoms with Crippen LogP contribution in [0.4, 0.5) is 11.4 Å². The second kappa shape index (κ2) is 6.60. The van der Waals surface area contributed by atoms with E-state index in [1.54, 1.807) is 18.6 Å². The molecule has 0 fully saturated rings. The van der Waals surface area contributed by atoms with Crippen LogP contribution in [0.1, 0.15) is 18.9 Å².